The van der Waals surface area contributed by atoms with Gasteiger partial charge in [-0.05, 0) is 82.5 Å². The average molecular weight is 986 g/mol. The van der Waals surface area contributed by atoms with Crippen molar-refractivity contribution in [2.75, 3.05) is 66.6 Å². The first-order valence-electron chi connectivity index (χ1n) is 24.4. The van der Waals surface area contributed by atoms with E-state index in [4.69, 9.17) is 25.1 Å². The van der Waals surface area contributed by atoms with Crippen LogP contribution in [0.5, 0.6) is 0 Å². The second-order valence-electron chi connectivity index (χ2n) is 19.8. The zero-order valence-electron chi connectivity index (χ0n) is 41.8. The lowest BCUT2D eigenvalue weighted by atomic mass is 9.96. The van der Waals surface area contributed by atoms with Gasteiger partial charge in [-0.15, -0.1) is 12.4 Å². The number of hydrogen-bond donors (Lipinski definition) is 5. The molecule has 4 fully saturated rings. The van der Waals surface area contributed by atoms with Crippen LogP contribution in [0.3, 0.4) is 0 Å². The number of H-pyrrole nitrogens is 2. The predicted octanol–water partition coefficient (Wildman–Crippen LogP) is 5.53. The zero-order valence-corrected chi connectivity index (χ0v) is 42.6. The number of imidazole rings is 2. The molecule has 4 unspecified atom stereocenters. The van der Waals surface area contributed by atoms with Crippen molar-refractivity contribution in [2.24, 2.45) is 11.8 Å². The number of aromatic nitrogens is 8. The third-order valence-electron chi connectivity index (χ3n) is 13.7. The molecular weight excluding hydrogens is 912 g/mol. The van der Waals surface area contributed by atoms with Gasteiger partial charge in [-0.25, -0.2) is 23.8 Å². The van der Waals surface area contributed by atoms with Gasteiger partial charge in [-0.1, -0.05) is 74.5 Å². The van der Waals surface area contributed by atoms with Crippen LogP contribution in [0.2, 0.25) is 0 Å². The number of carbonyl (C=O) groups is 1. The monoisotopic (exact) mass is 985 g/mol. The smallest absolute Gasteiger partial charge is 0.410 e. The fourth-order valence-electron chi connectivity index (χ4n) is 10.3. The molecule has 4 aromatic heterocycles. The molecule has 19 heteroatoms. The molecule has 70 heavy (non-hydrogen) atoms. The lowest BCUT2D eigenvalue weighted by molar-refractivity contribution is 0.0202. The van der Waals surface area contributed by atoms with Crippen LogP contribution in [0.4, 0.5) is 4.79 Å². The third kappa shape index (κ3) is 12.9. The highest BCUT2D eigenvalue weighted by Crippen LogP contribution is 2.34. The van der Waals surface area contributed by atoms with Gasteiger partial charge in [0.1, 0.15) is 28.9 Å². The maximum Gasteiger partial charge on any atom is 0.410 e. The van der Waals surface area contributed by atoms with E-state index in [1.807, 2.05) is 37.4 Å². The second-order valence-corrected chi connectivity index (χ2v) is 19.8. The summed E-state index contributed by atoms with van der Waals surface area (Å²) in [5.74, 6) is 4.91. The van der Waals surface area contributed by atoms with Gasteiger partial charge in [0.15, 0.2) is 11.0 Å². The minimum atomic E-state index is -0.511. The number of nitrogens with zero attached hydrogens (tertiary/aromatic N) is 9. The van der Waals surface area contributed by atoms with Gasteiger partial charge in [0, 0.05) is 90.2 Å². The largest absolute Gasteiger partial charge is 0.444 e. The number of amides is 1. The van der Waals surface area contributed by atoms with E-state index in [0.717, 1.165) is 116 Å². The summed E-state index contributed by atoms with van der Waals surface area (Å²) in [6, 6.07) is 21.0. The van der Waals surface area contributed by atoms with Crippen LogP contribution in [0.1, 0.15) is 118 Å². The number of hydrogen-bond acceptors (Lipinski definition) is 13. The van der Waals surface area contributed by atoms with E-state index in [9.17, 15) is 14.4 Å². The Kier molecular flexibility index (Phi) is 18.9. The molecule has 10 rings (SSSR count). The molecule has 380 valence electrons. The van der Waals surface area contributed by atoms with Gasteiger partial charge in [0.2, 0.25) is 0 Å². The van der Waals surface area contributed by atoms with Crippen molar-refractivity contribution in [1.29, 1.82) is 0 Å². The van der Waals surface area contributed by atoms with Crippen LogP contribution < -0.4 is 16.4 Å². The number of nitrogens with one attached hydrogen (secondary N) is 3. The zero-order chi connectivity index (χ0) is 49.2. The molecule has 6 aromatic rings. The van der Waals surface area contributed by atoms with E-state index in [-0.39, 0.29) is 47.4 Å². The van der Waals surface area contributed by atoms with Gasteiger partial charge in [0.25, 0.3) is 11.1 Å². The molecule has 0 spiro atoms. The standard InChI is InChI=1S/C27H36N6O3.C22H28N6O.2CH4O.ClH/c1-18-15-31(16-19-8-6-5-7-9-19)17-21(18)23-29-25(34)22-14-28-24(33(22)30-23)20-10-12-32(13-11-20)26(35)36-27(2,3)4;1-15-12-27(13-16-5-3-2-4-6-16)14-18(15)20-25-22(29)19-11-24-21(28(19)26-20)17-7-9-23-10-8-17;2*1-2;/h5-9,14,18,20-21H,10-13,15-17H2,1-4H3,(H,29,30,34);2-6,11,15,17-18,23H,7-10,12-14H2,1H3,(H,25,26,29);2*2H,1H3;1H. The Morgan fingerprint density at radius 3 is 1.49 bits per heavy atom. The lowest BCUT2D eigenvalue weighted by Crippen LogP contribution is -2.41. The number of ether oxygens (including phenoxy) is 1. The lowest BCUT2D eigenvalue weighted by Gasteiger charge is -2.32. The SMILES string of the molecule is CC1CN(Cc2ccccc2)CC1c1nn2c(C3CCN(C(=O)OC(C)(C)C)CC3)ncc2c(=O)[nH]1.CC1CN(Cc2ccccc2)CC1c1nn2c(C3CCNCC3)ncc2c(=O)[nH]1.CO.CO.Cl. The maximum absolute atomic E-state index is 13.0. The third-order valence-corrected chi connectivity index (χ3v) is 13.7. The Balaban J connectivity index is 0.000000215. The fourth-order valence-corrected chi connectivity index (χ4v) is 10.3. The number of likely N-dealkylation sites (tertiary alicyclic amines) is 3. The van der Waals surface area contributed by atoms with E-state index >= 15 is 0 Å². The molecule has 4 atom stereocenters. The number of carbonyl (C=O) groups excluding carboxylic acids is 1. The molecule has 1 amide bonds. The van der Waals surface area contributed by atoms with Gasteiger partial charge in [0.05, 0.1) is 12.4 Å². The van der Waals surface area contributed by atoms with Crippen molar-refractivity contribution in [3.8, 4) is 0 Å². The summed E-state index contributed by atoms with van der Waals surface area (Å²) in [5.41, 5.74) is 2.87. The first-order chi connectivity index (χ1) is 33.4. The van der Waals surface area contributed by atoms with Crippen LogP contribution in [-0.2, 0) is 17.8 Å². The molecule has 18 nitrogen and oxygen atoms in total. The minimum absolute atomic E-state index is 0. The van der Waals surface area contributed by atoms with Crippen molar-refractivity contribution in [3.63, 3.8) is 0 Å². The number of aliphatic hydroxyl groups is 2. The molecule has 5 N–H and O–H groups in total. The number of rotatable bonds is 8. The molecule has 4 aliphatic rings. The Labute approximate surface area is 416 Å². The molecule has 0 saturated carbocycles. The normalized spacial score (nSPS) is 21.2. The number of halogens is 1. The van der Waals surface area contributed by atoms with Crippen LogP contribution >= 0.6 is 12.4 Å². The van der Waals surface area contributed by atoms with Gasteiger partial charge in [-0.3, -0.25) is 19.4 Å². The van der Waals surface area contributed by atoms with E-state index in [1.165, 1.54) is 11.1 Å². The first-order valence-corrected chi connectivity index (χ1v) is 24.4. The Bertz CT molecular complexity index is 2690. The van der Waals surface area contributed by atoms with Crippen LogP contribution in [-0.4, -0.2) is 142 Å². The van der Waals surface area contributed by atoms with E-state index in [1.54, 1.807) is 21.8 Å². The molecule has 4 saturated heterocycles. The quantitative estimate of drug-likeness (QED) is 0.127. The number of fused-ring (bicyclic) bond motifs is 2. The van der Waals surface area contributed by atoms with Gasteiger partial charge in [-0.2, -0.15) is 10.2 Å². The number of piperidine rings is 2. The predicted molar refractivity (Wildman–Crippen MR) is 273 cm³/mol. The highest BCUT2D eigenvalue weighted by Gasteiger charge is 2.36. The number of benzene rings is 2. The highest BCUT2D eigenvalue weighted by molar-refractivity contribution is 5.85. The fraction of sp³-hybridized carbons (Fsp3) is 0.549. The molecule has 2 aromatic carbocycles. The molecule has 0 aliphatic carbocycles. The van der Waals surface area contributed by atoms with Crippen LogP contribution in [0.25, 0.3) is 11.0 Å². The van der Waals surface area contributed by atoms with Crippen molar-refractivity contribution in [2.45, 2.75) is 103 Å². The number of aliphatic hydroxyl groups excluding tert-OH is 2. The van der Waals surface area contributed by atoms with Crippen LogP contribution in [0.15, 0.2) is 82.6 Å². The van der Waals surface area contributed by atoms with E-state index < -0.39 is 5.60 Å². The molecule has 0 radical (unpaired) electrons. The molecule has 4 aliphatic heterocycles. The van der Waals surface area contributed by atoms with Crippen molar-refractivity contribution < 1.29 is 19.7 Å². The maximum atomic E-state index is 13.0. The highest BCUT2D eigenvalue weighted by atomic mass is 35.5. The Morgan fingerprint density at radius 1 is 0.657 bits per heavy atom. The molecule has 0 bridgehead atoms. The van der Waals surface area contributed by atoms with Crippen molar-refractivity contribution >= 4 is 29.5 Å². The van der Waals surface area contributed by atoms with Crippen LogP contribution in [0, 0.1) is 11.8 Å². The second kappa shape index (κ2) is 24.6. The minimum Gasteiger partial charge on any atom is -0.444 e. The topological polar surface area (TPSA) is 215 Å². The first kappa shape index (κ1) is 53.8. The summed E-state index contributed by atoms with van der Waals surface area (Å²) in [4.78, 5) is 60.1. The summed E-state index contributed by atoms with van der Waals surface area (Å²) in [5, 5.41) is 27.2. The number of aromatic amines is 2. The summed E-state index contributed by atoms with van der Waals surface area (Å²) >= 11 is 0. The van der Waals surface area contributed by atoms with Gasteiger partial charge >= 0.3 is 6.09 Å². The summed E-state index contributed by atoms with van der Waals surface area (Å²) in [6.07, 6.45) is 6.60. The average Bonchev–Trinajstić information content (AvgIpc) is 4.16. The Morgan fingerprint density at radius 2 is 1.07 bits per heavy atom. The van der Waals surface area contributed by atoms with E-state index in [0.29, 0.717) is 41.9 Å². The van der Waals surface area contributed by atoms with Crippen molar-refractivity contribution in [1.82, 2.24) is 59.2 Å². The molecular formula is C51H73ClN12O6. The Hall–Kier alpha value is -5.50. The van der Waals surface area contributed by atoms with E-state index in [2.05, 4.69) is 97.4 Å². The van der Waals surface area contributed by atoms with Crippen molar-refractivity contribution in [3.05, 3.63) is 128 Å². The summed E-state index contributed by atoms with van der Waals surface area (Å²) in [6.45, 7) is 18.8. The summed E-state index contributed by atoms with van der Waals surface area (Å²) in [7, 11) is 2.00. The molecule has 8 heterocycles. The van der Waals surface area contributed by atoms with Gasteiger partial charge < -0.3 is 35.1 Å². The summed E-state index contributed by atoms with van der Waals surface area (Å²) < 4.78 is 9.08.